The molecule has 0 heterocycles. The summed E-state index contributed by atoms with van der Waals surface area (Å²) in [7, 11) is 1.89. The van der Waals surface area contributed by atoms with Crippen molar-refractivity contribution in [1.29, 1.82) is 0 Å². The summed E-state index contributed by atoms with van der Waals surface area (Å²) in [5.41, 5.74) is 5.60. The zero-order valence-corrected chi connectivity index (χ0v) is 9.78. The summed E-state index contributed by atoms with van der Waals surface area (Å²) in [4.78, 5) is 13.5. The number of rotatable bonds is 3. The van der Waals surface area contributed by atoms with E-state index in [0.717, 1.165) is 24.3 Å². The maximum atomic E-state index is 11.6. The van der Waals surface area contributed by atoms with Crippen LogP contribution in [0.2, 0.25) is 0 Å². The molecule has 0 aromatic rings. The number of carbonyl (C=O) groups excluding carboxylic acids is 1. The van der Waals surface area contributed by atoms with Gasteiger partial charge in [-0.05, 0) is 43.9 Å². The first kappa shape index (κ1) is 10.9. The van der Waals surface area contributed by atoms with Crippen molar-refractivity contribution in [2.24, 2.45) is 23.5 Å². The Bertz CT molecular complexity index is 252. The van der Waals surface area contributed by atoms with E-state index in [4.69, 9.17) is 5.73 Å². The molecule has 2 rings (SSSR count). The lowest BCUT2D eigenvalue weighted by atomic mass is 9.88. The predicted octanol–water partition coefficient (Wildman–Crippen LogP) is 1.23. The van der Waals surface area contributed by atoms with Gasteiger partial charge >= 0.3 is 0 Å². The lowest BCUT2D eigenvalue weighted by Gasteiger charge is -2.28. The fourth-order valence-corrected chi connectivity index (χ4v) is 3.39. The minimum absolute atomic E-state index is 0.0813. The second-order valence-electron chi connectivity index (χ2n) is 5.44. The van der Waals surface area contributed by atoms with Crippen LogP contribution in [0.1, 0.15) is 32.6 Å². The van der Waals surface area contributed by atoms with Gasteiger partial charge in [0.25, 0.3) is 0 Å². The molecular weight excluding hydrogens is 188 g/mol. The van der Waals surface area contributed by atoms with Crippen LogP contribution in [0.3, 0.4) is 0 Å². The van der Waals surface area contributed by atoms with Gasteiger partial charge in [-0.15, -0.1) is 0 Å². The SMILES string of the molecule is CC(N)C(=O)N(C)CC1CC2CCC1C2. The molecule has 0 radical (unpaired) electrons. The second kappa shape index (κ2) is 4.12. The summed E-state index contributed by atoms with van der Waals surface area (Å²) in [6.07, 6.45) is 5.55. The van der Waals surface area contributed by atoms with Crippen molar-refractivity contribution in [2.45, 2.75) is 38.6 Å². The first-order valence-corrected chi connectivity index (χ1v) is 6.08. The van der Waals surface area contributed by atoms with Gasteiger partial charge in [-0.1, -0.05) is 6.42 Å². The van der Waals surface area contributed by atoms with Crippen LogP contribution in [0.15, 0.2) is 0 Å². The third-order valence-electron chi connectivity index (χ3n) is 4.16. The van der Waals surface area contributed by atoms with E-state index in [1.807, 2.05) is 11.9 Å². The Labute approximate surface area is 92.0 Å². The van der Waals surface area contributed by atoms with Crippen LogP contribution < -0.4 is 5.73 Å². The molecule has 3 nitrogen and oxygen atoms in total. The molecule has 2 aliphatic rings. The van der Waals surface area contributed by atoms with Crippen molar-refractivity contribution >= 4 is 5.91 Å². The average Bonchev–Trinajstić information content (AvgIpc) is 2.77. The standard InChI is InChI=1S/C12H22N2O/c1-8(13)12(15)14(2)7-11-6-9-3-4-10(11)5-9/h8-11H,3-7,13H2,1-2H3. The Morgan fingerprint density at radius 2 is 2.20 bits per heavy atom. The van der Waals surface area contributed by atoms with E-state index in [0.29, 0.717) is 0 Å². The molecule has 2 aliphatic carbocycles. The van der Waals surface area contributed by atoms with Crippen LogP contribution >= 0.6 is 0 Å². The maximum Gasteiger partial charge on any atom is 0.238 e. The molecule has 0 aliphatic heterocycles. The summed E-state index contributed by atoms with van der Waals surface area (Å²) in [5, 5.41) is 0. The number of carbonyl (C=O) groups is 1. The molecule has 0 saturated heterocycles. The van der Waals surface area contributed by atoms with Gasteiger partial charge in [0.2, 0.25) is 5.91 Å². The molecule has 86 valence electrons. The number of likely N-dealkylation sites (N-methyl/N-ethyl adjacent to an activating group) is 1. The van der Waals surface area contributed by atoms with Gasteiger partial charge in [-0.25, -0.2) is 0 Å². The first-order chi connectivity index (χ1) is 7.08. The first-order valence-electron chi connectivity index (χ1n) is 6.08. The van der Waals surface area contributed by atoms with Crippen LogP contribution in [0.5, 0.6) is 0 Å². The van der Waals surface area contributed by atoms with E-state index in [2.05, 4.69) is 0 Å². The van der Waals surface area contributed by atoms with Crippen LogP contribution in [-0.2, 0) is 4.79 Å². The van der Waals surface area contributed by atoms with Gasteiger partial charge in [-0.3, -0.25) is 4.79 Å². The number of nitrogens with zero attached hydrogens (tertiary/aromatic N) is 1. The molecule has 2 fully saturated rings. The van der Waals surface area contributed by atoms with E-state index in [1.54, 1.807) is 6.92 Å². The highest BCUT2D eigenvalue weighted by atomic mass is 16.2. The minimum atomic E-state index is -0.353. The number of fused-ring (bicyclic) bond motifs is 2. The number of hydrogen-bond donors (Lipinski definition) is 1. The molecule has 2 N–H and O–H groups in total. The molecule has 4 unspecified atom stereocenters. The molecule has 0 aromatic carbocycles. The van der Waals surface area contributed by atoms with Crippen LogP contribution in [0.25, 0.3) is 0 Å². The van der Waals surface area contributed by atoms with Gasteiger partial charge in [0.15, 0.2) is 0 Å². The van der Waals surface area contributed by atoms with Crippen molar-refractivity contribution < 1.29 is 4.79 Å². The van der Waals surface area contributed by atoms with E-state index < -0.39 is 0 Å². The summed E-state index contributed by atoms with van der Waals surface area (Å²) >= 11 is 0. The second-order valence-corrected chi connectivity index (χ2v) is 5.44. The van der Waals surface area contributed by atoms with E-state index in [9.17, 15) is 4.79 Å². The van der Waals surface area contributed by atoms with Gasteiger partial charge in [0, 0.05) is 13.6 Å². The normalized spacial score (nSPS) is 35.5. The third kappa shape index (κ3) is 2.17. The van der Waals surface area contributed by atoms with Crippen molar-refractivity contribution in [2.75, 3.05) is 13.6 Å². The van der Waals surface area contributed by atoms with Gasteiger partial charge in [0.1, 0.15) is 0 Å². The summed E-state index contributed by atoms with van der Waals surface area (Å²) < 4.78 is 0. The zero-order chi connectivity index (χ0) is 11.0. The topological polar surface area (TPSA) is 46.3 Å². The summed E-state index contributed by atoms with van der Waals surface area (Å²) in [6, 6.07) is -0.353. The largest absolute Gasteiger partial charge is 0.344 e. The van der Waals surface area contributed by atoms with Gasteiger partial charge in [-0.2, -0.15) is 0 Å². The Morgan fingerprint density at radius 1 is 1.47 bits per heavy atom. The van der Waals surface area contributed by atoms with Crippen LogP contribution in [0, 0.1) is 17.8 Å². The fourth-order valence-electron chi connectivity index (χ4n) is 3.39. The van der Waals surface area contributed by atoms with Crippen molar-refractivity contribution in [3.05, 3.63) is 0 Å². The molecule has 1 amide bonds. The Kier molecular flexibility index (Phi) is 3.01. The van der Waals surface area contributed by atoms with E-state index in [1.165, 1.54) is 25.7 Å². The number of hydrogen-bond acceptors (Lipinski definition) is 2. The third-order valence-corrected chi connectivity index (χ3v) is 4.16. The lowest BCUT2D eigenvalue weighted by molar-refractivity contribution is -0.131. The van der Waals surface area contributed by atoms with E-state index >= 15 is 0 Å². The zero-order valence-electron chi connectivity index (χ0n) is 9.78. The van der Waals surface area contributed by atoms with Gasteiger partial charge < -0.3 is 10.6 Å². The molecule has 0 aromatic heterocycles. The quantitative estimate of drug-likeness (QED) is 0.761. The Morgan fingerprint density at radius 3 is 2.67 bits per heavy atom. The Balaban J connectivity index is 1.84. The fraction of sp³-hybridized carbons (Fsp3) is 0.917. The molecule has 3 heteroatoms. The monoisotopic (exact) mass is 210 g/mol. The molecule has 2 bridgehead atoms. The maximum absolute atomic E-state index is 11.6. The number of amides is 1. The highest BCUT2D eigenvalue weighted by molar-refractivity contribution is 5.80. The van der Waals surface area contributed by atoms with Crippen molar-refractivity contribution in [1.82, 2.24) is 4.90 Å². The molecule has 0 spiro atoms. The van der Waals surface area contributed by atoms with Gasteiger partial charge in [0.05, 0.1) is 6.04 Å². The molecule has 15 heavy (non-hydrogen) atoms. The average molecular weight is 210 g/mol. The lowest BCUT2D eigenvalue weighted by Crippen LogP contribution is -2.42. The summed E-state index contributed by atoms with van der Waals surface area (Å²) in [5.74, 6) is 2.67. The molecular formula is C12H22N2O. The van der Waals surface area contributed by atoms with Crippen LogP contribution in [0.4, 0.5) is 0 Å². The highest BCUT2D eigenvalue weighted by Gasteiger charge is 2.40. The molecule has 2 saturated carbocycles. The van der Waals surface area contributed by atoms with Crippen molar-refractivity contribution in [3.63, 3.8) is 0 Å². The predicted molar refractivity (Wildman–Crippen MR) is 60.2 cm³/mol. The van der Waals surface area contributed by atoms with E-state index in [-0.39, 0.29) is 11.9 Å². The Hall–Kier alpha value is -0.570. The van der Waals surface area contributed by atoms with Crippen molar-refractivity contribution in [3.8, 4) is 0 Å². The highest BCUT2D eigenvalue weighted by Crippen LogP contribution is 2.48. The molecule has 4 atom stereocenters. The summed E-state index contributed by atoms with van der Waals surface area (Å²) in [6.45, 7) is 2.68. The smallest absolute Gasteiger partial charge is 0.238 e. The van der Waals surface area contributed by atoms with Crippen LogP contribution in [-0.4, -0.2) is 30.4 Å². The number of nitrogens with two attached hydrogens (primary N) is 1. The minimum Gasteiger partial charge on any atom is -0.344 e.